The molecule has 0 aliphatic carbocycles. The molecule has 0 spiro atoms. The molecule has 2 aromatic heterocycles. The molecule has 1 unspecified atom stereocenters. The Labute approximate surface area is 108 Å². The lowest BCUT2D eigenvalue weighted by Crippen LogP contribution is -2.10. The molecule has 0 radical (unpaired) electrons. The van der Waals surface area contributed by atoms with Gasteiger partial charge in [-0.25, -0.2) is 9.37 Å². The third kappa shape index (κ3) is 2.96. The SMILES string of the molecule is CCC(Nc1ncc(Cl)cc1F)c1cccs1. The van der Waals surface area contributed by atoms with Crippen molar-refractivity contribution in [2.75, 3.05) is 5.32 Å². The van der Waals surface area contributed by atoms with Crippen molar-refractivity contribution in [3.63, 3.8) is 0 Å². The molecule has 1 N–H and O–H groups in total. The van der Waals surface area contributed by atoms with E-state index in [1.807, 2.05) is 24.4 Å². The highest BCUT2D eigenvalue weighted by atomic mass is 35.5. The van der Waals surface area contributed by atoms with Crippen LogP contribution in [0.4, 0.5) is 10.2 Å². The highest BCUT2D eigenvalue weighted by Gasteiger charge is 2.13. The Kier molecular flexibility index (Phi) is 3.97. The fraction of sp³-hybridized carbons (Fsp3) is 0.250. The molecular formula is C12H12ClFN2S. The summed E-state index contributed by atoms with van der Waals surface area (Å²) in [6.45, 7) is 2.05. The second kappa shape index (κ2) is 5.47. The van der Waals surface area contributed by atoms with Crippen molar-refractivity contribution >= 4 is 28.8 Å². The summed E-state index contributed by atoms with van der Waals surface area (Å²) < 4.78 is 13.6. The van der Waals surface area contributed by atoms with E-state index in [9.17, 15) is 4.39 Å². The minimum Gasteiger partial charge on any atom is -0.360 e. The number of nitrogens with zero attached hydrogens (tertiary/aromatic N) is 1. The number of thiophene rings is 1. The van der Waals surface area contributed by atoms with Gasteiger partial charge < -0.3 is 5.32 Å². The van der Waals surface area contributed by atoms with Gasteiger partial charge in [0.25, 0.3) is 0 Å². The maximum absolute atomic E-state index is 13.6. The van der Waals surface area contributed by atoms with E-state index in [-0.39, 0.29) is 11.9 Å². The lowest BCUT2D eigenvalue weighted by molar-refractivity contribution is 0.618. The van der Waals surface area contributed by atoms with Crippen molar-refractivity contribution in [1.82, 2.24) is 4.98 Å². The molecule has 1 atom stereocenters. The molecule has 0 fully saturated rings. The van der Waals surface area contributed by atoms with Crippen molar-refractivity contribution in [2.45, 2.75) is 19.4 Å². The van der Waals surface area contributed by atoms with Gasteiger partial charge in [0.2, 0.25) is 0 Å². The Morgan fingerprint density at radius 3 is 3.00 bits per heavy atom. The van der Waals surface area contributed by atoms with Gasteiger partial charge in [-0.15, -0.1) is 11.3 Å². The quantitative estimate of drug-likeness (QED) is 0.885. The average molecular weight is 271 g/mol. The van der Waals surface area contributed by atoms with Crippen molar-refractivity contribution in [1.29, 1.82) is 0 Å². The standard InChI is InChI=1S/C12H12ClFN2S/c1-2-10(11-4-3-5-17-11)16-12-9(14)6-8(13)7-15-12/h3-7,10H,2H2,1H3,(H,15,16). The van der Waals surface area contributed by atoms with Crippen LogP contribution in [0.25, 0.3) is 0 Å². The third-order valence-electron chi connectivity index (χ3n) is 2.41. The summed E-state index contributed by atoms with van der Waals surface area (Å²) >= 11 is 7.30. The summed E-state index contributed by atoms with van der Waals surface area (Å²) in [6.07, 6.45) is 2.30. The highest BCUT2D eigenvalue weighted by Crippen LogP contribution is 2.27. The molecule has 0 bridgehead atoms. The van der Waals surface area contributed by atoms with E-state index < -0.39 is 5.82 Å². The van der Waals surface area contributed by atoms with Crippen molar-refractivity contribution in [3.8, 4) is 0 Å². The van der Waals surface area contributed by atoms with Crippen LogP contribution < -0.4 is 5.32 Å². The van der Waals surface area contributed by atoms with Crippen LogP contribution in [0.1, 0.15) is 24.3 Å². The van der Waals surface area contributed by atoms with E-state index in [2.05, 4.69) is 10.3 Å². The first kappa shape index (κ1) is 12.3. The topological polar surface area (TPSA) is 24.9 Å². The monoisotopic (exact) mass is 270 g/mol. The smallest absolute Gasteiger partial charge is 0.166 e. The number of halogens is 2. The molecule has 0 amide bonds. The maximum Gasteiger partial charge on any atom is 0.166 e. The van der Waals surface area contributed by atoms with Crippen LogP contribution in [0.3, 0.4) is 0 Å². The van der Waals surface area contributed by atoms with Gasteiger partial charge in [-0.2, -0.15) is 0 Å². The van der Waals surface area contributed by atoms with Crippen LogP contribution >= 0.6 is 22.9 Å². The molecule has 0 aliphatic rings. The van der Waals surface area contributed by atoms with Crippen LogP contribution in [-0.4, -0.2) is 4.98 Å². The summed E-state index contributed by atoms with van der Waals surface area (Å²) in [5.41, 5.74) is 0. The second-order valence-electron chi connectivity index (χ2n) is 3.60. The zero-order valence-electron chi connectivity index (χ0n) is 9.28. The van der Waals surface area contributed by atoms with Crippen LogP contribution in [0, 0.1) is 5.82 Å². The zero-order chi connectivity index (χ0) is 12.3. The first-order chi connectivity index (χ1) is 8.20. The Hall–Kier alpha value is -1.13. The van der Waals surface area contributed by atoms with Gasteiger partial charge in [0, 0.05) is 11.1 Å². The maximum atomic E-state index is 13.6. The fourth-order valence-electron chi connectivity index (χ4n) is 1.55. The Morgan fingerprint density at radius 2 is 2.41 bits per heavy atom. The lowest BCUT2D eigenvalue weighted by atomic mass is 10.2. The van der Waals surface area contributed by atoms with Crippen molar-refractivity contribution < 1.29 is 4.39 Å². The Balaban J connectivity index is 2.19. The molecule has 0 saturated heterocycles. The first-order valence-corrected chi connectivity index (χ1v) is 6.57. The molecule has 2 rings (SSSR count). The largest absolute Gasteiger partial charge is 0.360 e. The third-order valence-corrected chi connectivity index (χ3v) is 3.61. The molecule has 17 heavy (non-hydrogen) atoms. The minimum absolute atomic E-state index is 0.0816. The summed E-state index contributed by atoms with van der Waals surface area (Å²) in [6, 6.07) is 5.35. The van der Waals surface area contributed by atoms with E-state index in [0.717, 1.165) is 6.42 Å². The second-order valence-corrected chi connectivity index (χ2v) is 5.02. The molecule has 5 heteroatoms. The molecule has 90 valence electrons. The number of aromatic nitrogens is 1. The van der Waals surface area contributed by atoms with Crippen LogP contribution in [0.2, 0.25) is 5.02 Å². The molecule has 2 nitrogen and oxygen atoms in total. The molecule has 0 saturated carbocycles. The summed E-state index contributed by atoms with van der Waals surface area (Å²) in [5.74, 6) is -0.179. The van der Waals surface area contributed by atoms with Gasteiger partial charge in [0.1, 0.15) is 0 Å². The van der Waals surface area contributed by atoms with Gasteiger partial charge in [-0.1, -0.05) is 24.6 Å². The minimum atomic E-state index is -0.424. The number of hydrogen-bond donors (Lipinski definition) is 1. The summed E-state index contributed by atoms with van der Waals surface area (Å²) in [7, 11) is 0. The van der Waals surface area contributed by atoms with E-state index >= 15 is 0 Å². The fourth-order valence-corrected chi connectivity index (χ4v) is 2.56. The Bertz CT molecular complexity index is 487. The number of rotatable bonds is 4. The van der Waals surface area contributed by atoms with Crippen LogP contribution in [0.15, 0.2) is 29.8 Å². The number of pyridine rings is 1. The van der Waals surface area contributed by atoms with Gasteiger partial charge in [-0.05, 0) is 23.9 Å². The number of nitrogens with one attached hydrogen (secondary N) is 1. The van der Waals surface area contributed by atoms with Gasteiger partial charge in [0.15, 0.2) is 11.6 Å². The van der Waals surface area contributed by atoms with E-state index in [1.165, 1.54) is 17.1 Å². The summed E-state index contributed by atoms with van der Waals surface area (Å²) in [4.78, 5) is 5.13. The van der Waals surface area contributed by atoms with Gasteiger partial charge in [0.05, 0.1) is 11.1 Å². The molecule has 2 aromatic rings. The van der Waals surface area contributed by atoms with Gasteiger partial charge in [-0.3, -0.25) is 0 Å². The highest BCUT2D eigenvalue weighted by molar-refractivity contribution is 7.10. The van der Waals surface area contributed by atoms with E-state index in [0.29, 0.717) is 5.02 Å². The predicted octanol–water partition coefficient (Wildman–Crippen LogP) is 4.50. The normalized spacial score (nSPS) is 12.4. The zero-order valence-corrected chi connectivity index (χ0v) is 10.9. The molecular weight excluding hydrogens is 259 g/mol. The molecule has 2 heterocycles. The Morgan fingerprint density at radius 1 is 1.59 bits per heavy atom. The van der Waals surface area contributed by atoms with Crippen molar-refractivity contribution in [3.05, 3.63) is 45.5 Å². The van der Waals surface area contributed by atoms with Crippen LogP contribution in [0.5, 0.6) is 0 Å². The first-order valence-electron chi connectivity index (χ1n) is 5.31. The average Bonchev–Trinajstić information content (AvgIpc) is 2.81. The molecule has 0 aliphatic heterocycles. The van der Waals surface area contributed by atoms with Crippen molar-refractivity contribution in [2.24, 2.45) is 0 Å². The predicted molar refractivity (Wildman–Crippen MR) is 70.2 cm³/mol. The molecule has 0 aromatic carbocycles. The van der Waals surface area contributed by atoms with Gasteiger partial charge >= 0.3 is 0 Å². The van der Waals surface area contributed by atoms with E-state index in [1.54, 1.807) is 11.3 Å². The summed E-state index contributed by atoms with van der Waals surface area (Å²) in [5, 5.41) is 5.40. The van der Waals surface area contributed by atoms with E-state index in [4.69, 9.17) is 11.6 Å². The number of anilines is 1. The van der Waals surface area contributed by atoms with Crippen LogP contribution in [-0.2, 0) is 0 Å². The lowest BCUT2D eigenvalue weighted by Gasteiger charge is -2.16. The number of hydrogen-bond acceptors (Lipinski definition) is 3.